The zero-order chi connectivity index (χ0) is 15.7. The highest BCUT2D eigenvalue weighted by molar-refractivity contribution is 5.91. The molecule has 0 bridgehead atoms. The van der Waals surface area contributed by atoms with E-state index in [2.05, 4.69) is 10.2 Å². The van der Waals surface area contributed by atoms with Crippen LogP contribution in [0.4, 0.5) is 5.69 Å². The smallest absolute Gasteiger partial charge is 0.225 e. The summed E-state index contributed by atoms with van der Waals surface area (Å²) in [7, 11) is 1.99. The van der Waals surface area contributed by atoms with Crippen molar-refractivity contribution in [3.05, 3.63) is 29.8 Å². The summed E-state index contributed by atoms with van der Waals surface area (Å²) in [6, 6.07) is 7.61. The van der Waals surface area contributed by atoms with Gasteiger partial charge in [-0.15, -0.1) is 0 Å². The highest BCUT2D eigenvalue weighted by atomic mass is 16.5. The lowest BCUT2D eigenvalue weighted by Gasteiger charge is -2.17. The molecule has 0 saturated heterocycles. The molecule has 118 valence electrons. The Balaban J connectivity index is 2.30. The van der Waals surface area contributed by atoms with Crippen molar-refractivity contribution in [2.24, 2.45) is 5.73 Å². The van der Waals surface area contributed by atoms with E-state index < -0.39 is 0 Å². The van der Waals surface area contributed by atoms with Crippen LogP contribution in [-0.2, 0) is 16.1 Å². The van der Waals surface area contributed by atoms with Gasteiger partial charge < -0.3 is 20.7 Å². The summed E-state index contributed by atoms with van der Waals surface area (Å²) < 4.78 is 5.49. The van der Waals surface area contributed by atoms with Gasteiger partial charge in [-0.3, -0.25) is 4.79 Å². The fraction of sp³-hybridized carbons (Fsp3) is 0.562. The van der Waals surface area contributed by atoms with E-state index in [0.717, 1.165) is 17.8 Å². The van der Waals surface area contributed by atoms with E-state index in [1.807, 2.05) is 45.2 Å². The lowest BCUT2D eigenvalue weighted by molar-refractivity contribution is -0.116. The second-order valence-corrected chi connectivity index (χ2v) is 5.38. The minimum atomic E-state index is 0.00697. The number of carbonyl (C=O) groups is 1. The largest absolute Gasteiger partial charge is 0.377 e. The molecule has 1 aromatic rings. The van der Waals surface area contributed by atoms with Gasteiger partial charge in [-0.05, 0) is 32.5 Å². The number of nitrogens with one attached hydrogen (secondary N) is 1. The number of nitrogens with two attached hydrogens (primary N) is 1. The number of likely N-dealkylation sites (N-methyl/N-ethyl adjacent to an activating group) is 1. The highest BCUT2D eigenvalue weighted by Crippen LogP contribution is 2.14. The second-order valence-electron chi connectivity index (χ2n) is 5.38. The first-order valence-corrected chi connectivity index (χ1v) is 7.41. The molecule has 3 N–H and O–H groups in total. The van der Waals surface area contributed by atoms with Crippen molar-refractivity contribution in [2.45, 2.75) is 32.9 Å². The van der Waals surface area contributed by atoms with E-state index in [1.54, 1.807) is 0 Å². The van der Waals surface area contributed by atoms with E-state index in [-0.39, 0.29) is 12.0 Å². The summed E-state index contributed by atoms with van der Waals surface area (Å²) in [6.45, 7) is 6.67. The third kappa shape index (κ3) is 7.22. The summed E-state index contributed by atoms with van der Waals surface area (Å²) in [5, 5.41) is 2.91. The second kappa shape index (κ2) is 9.50. The molecule has 0 saturated carbocycles. The Hall–Kier alpha value is -1.43. The van der Waals surface area contributed by atoms with Gasteiger partial charge in [0.2, 0.25) is 5.91 Å². The quantitative estimate of drug-likeness (QED) is 0.729. The molecule has 0 unspecified atom stereocenters. The van der Waals surface area contributed by atoms with Crippen LogP contribution in [0.2, 0.25) is 0 Å². The summed E-state index contributed by atoms with van der Waals surface area (Å²) in [4.78, 5) is 14.1. The molecule has 0 atom stereocenters. The van der Waals surface area contributed by atoms with Crippen molar-refractivity contribution in [1.82, 2.24) is 4.90 Å². The van der Waals surface area contributed by atoms with E-state index in [9.17, 15) is 4.79 Å². The minimum absolute atomic E-state index is 0.00697. The summed E-state index contributed by atoms with van der Waals surface area (Å²) in [6.07, 6.45) is 0.700. The average molecular weight is 293 g/mol. The maximum Gasteiger partial charge on any atom is 0.225 e. The van der Waals surface area contributed by atoms with E-state index in [0.29, 0.717) is 26.1 Å². The van der Waals surface area contributed by atoms with Gasteiger partial charge in [-0.2, -0.15) is 0 Å². The number of hydrogen-bond acceptors (Lipinski definition) is 4. The van der Waals surface area contributed by atoms with Crippen LogP contribution in [0.3, 0.4) is 0 Å². The number of amides is 1. The number of benzene rings is 1. The third-order valence-corrected chi connectivity index (χ3v) is 3.16. The minimum Gasteiger partial charge on any atom is -0.377 e. The van der Waals surface area contributed by atoms with E-state index in [1.165, 1.54) is 0 Å². The standard InChI is InChI=1S/C16H27N3O2/c1-13(2)21-11-10-19(3)9-8-16(20)18-15-7-5-4-6-14(15)12-17/h4-7,13H,8-12,17H2,1-3H3,(H,18,20). The number of nitrogens with zero attached hydrogens (tertiary/aromatic N) is 1. The monoisotopic (exact) mass is 293 g/mol. The lowest BCUT2D eigenvalue weighted by Crippen LogP contribution is -2.28. The molecule has 21 heavy (non-hydrogen) atoms. The number of carbonyl (C=O) groups excluding carboxylic acids is 1. The number of para-hydroxylation sites is 1. The van der Waals surface area contributed by atoms with Crippen LogP contribution in [0.25, 0.3) is 0 Å². The van der Waals surface area contributed by atoms with Crippen LogP contribution in [0.15, 0.2) is 24.3 Å². The van der Waals surface area contributed by atoms with Gasteiger partial charge in [0, 0.05) is 31.7 Å². The molecule has 5 nitrogen and oxygen atoms in total. The maximum atomic E-state index is 12.0. The Kier molecular flexibility index (Phi) is 7.97. The van der Waals surface area contributed by atoms with Crippen LogP contribution in [0.5, 0.6) is 0 Å². The first kappa shape index (κ1) is 17.6. The van der Waals surface area contributed by atoms with Crippen molar-refractivity contribution >= 4 is 11.6 Å². The topological polar surface area (TPSA) is 67.6 Å². The molecule has 5 heteroatoms. The van der Waals surface area contributed by atoms with Crippen LogP contribution >= 0.6 is 0 Å². The first-order valence-electron chi connectivity index (χ1n) is 7.41. The van der Waals surface area contributed by atoms with Gasteiger partial charge in [-0.1, -0.05) is 18.2 Å². The normalized spacial score (nSPS) is 11.1. The lowest BCUT2D eigenvalue weighted by atomic mass is 10.1. The summed E-state index contributed by atoms with van der Waals surface area (Å²) >= 11 is 0. The molecule has 0 aromatic heterocycles. The van der Waals surface area contributed by atoms with Gasteiger partial charge in [0.15, 0.2) is 0 Å². The van der Waals surface area contributed by atoms with Crippen LogP contribution in [0.1, 0.15) is 25.8 Å². The number of hydrogen-bond donors (Lipinski definition) is 2. The van der Waals surface area contributed by atoms with Gasteiger partial charge in [-0.25, -0.2) is 0 Å². The van der Waals surface area contributed by atoms with Crippen molar-refractivity contribution in [1.29, 1.82) is 0 Å². The van der Waals surface area contributed by atoms with Gasteiger partial charge >= 0.3 is 0 Å². The molecular formula is C16H27N3O2. The zero-order valence-electron chi connectivity index (χ0n) is 13.3. The maximum absolute atomic E-state index is 12.0. The third-order valence-electron chi connectivity index (χ3n) is 3.16. The molecule has 0 heterocycles. The molecule has 0 fully saturated rings. The molecule has 0 spiro atoms. The molecular weight excluding hydrogens is 266 g/mol. The molecule has 1 rings (SSSR count). The van der Waals surface area contributed by atoms with Gasteiger partial charge in [0.1, 0.15) is 0 Å². The first-order chi connectivity index (χ1) is 10.0. The Bertz CT molecular complexity index is 435. The predicted molar refractivity (Wildman–Crippen MR) is 86.2 cm³/mol. The van der Waals surface area contributed by atoms with Crippen molar-refractivity contribution in [3.8, 4) is 0 Å². The van der Waals surface area contributed by atoms with Crippen LogP contribution in [0, 0.1) is 0 Å². The Labute approximate surface area is 127 Å². The predicted octanol–water partition coefficient (Wildman–Crippen LogP) is 1.83. The van der Waals surface area contributed by atoms with E-state index >= 15 is 0 Å². The molecule has 1 amide bonds. The Morgan fingerprint density at radius 3 is 2.71 bits per heavy atom. The molecule has 0 aliphatic carbocycles. The van der Waals surface area contributed by atoms with Gasteiger partial charge in [0.05, 0.1) is 12.7 Å². The van der Waals surface area contributed by atoms with Crippen LogP contribution in [-0.4, -0.2) is 43.7 Å². The zero-order valence-corrected chi connectivity index (χ0v) is 13.3. The number of anilines is 1. The SMILES string of the molecule is CC(C)OCCN(C)CCC(=O)Nc1ccccc1CN. The van der Waals surface area contributed by atoms with Crippen molar-refractivity contribution < 1.29 is 9.53 Å². The average Bonchev–Trinajstić information content (AvgIpc) is 2.45. The number of rotatable bonds is 9. The summed E-state index contributed by atoms with van der Waals surface area (Å²) in [5.74, 6) is 0.00697. The fourth-order valence-electron chi connectivity index (χ4n) is 1.88. The van der Waals surface area contributed by atoms with Gasteiger partial charge in [0.25, 0.3) is 0 Å². The van der Waals surface area contributed by atoms with E-state index in [4.69, 9.17) is 10.5 Å². The highest BCUT2D eigenvalue weighted by Gasteiger charge is 2.07. The Morgan fingerprint density at radius 2 is 2.05 bits per heavy atom. The molecule has 0 aliphatic heterocycles. The Morgan fingerprint density at radius 1 is 1.33 bits per heavy atom. The van der Waals surface area contributed by atoms with Crippen molar-refractivity contribution in [2.75, 3.05) is 32.1 Å². The summed E-state index contributed by atoms with van der Waals surface area (Å²) in [5.41, 5.74) is 7.40. The fourth-order valence-corrected chi connectivity index (χ4v) is 1.88. The number of ether oxygens (including phenoxy) is 1. The van der Waals surface area contributed by atoms with Crippen LogP contribution < -0.4 is 11.1 Å². The molecule has 0 aliphatic rings. The molecule has 1 aromatic carbocycles. The van der Waals surface area contributed by atoms with Crippen molar-refractivity contribution in [3.63, 3.8) is 0 Å². The molecule has 0 radical (unpaired) electrons.